The van der Waals surface area contributed by atoms with Crippen molar-refractivity contribution in [1.82, 2.24) is 5.32 Å². The molecular formula is C17H27NO3. The molecule has 0 spiro atoms. The minimum Gasteiger partial charge on any atom is -0.497 e. The van der Waals surface area contributed by atoms with Crippen LogP contribution in [-0.4, -0.2) is 33.0 Å². The highest BCUT2D eigenvalue weighted by Gasteiger charge is 2.20. The minimum atomic E-state index is 0.590. The van der Waals surface area contributed by atoms with Crippen molar-refractivity contribution in [2.24, 2.45) is 0 Å². The Morgan fingerprint density at radius 3 is 2.76 bits per heavy atom. The molecule has 1 aliphatic rings. The van der Waals surface area contributed by atoms with Gasteiger partial charge in [-0.25, -0.2) is 0 Å². The second-order valence-corrected chi connectivity index (χ2v) is 5.44. The summed E-state index contributed by atoms with van der Waals surface area (Å²) in [5.74, 6) is 1.79. The normalized spacial score (nSPS) is 14.2. The molecule has 0 saturated heterocycles. The monoisotopic (exact) mass is 293 g/mol. The maximum Gasteiger partial charge on any atom is 0.124 e. The molecule has 0 bridgehead atoms. The summed E-state index contributed by atoms with van der Waals surface area (Å²) in [5.41, 5.74) is 1.15. The molecule has 1 N–H and O–H groups in total. The Morgan fingerprint density at radius 2 is 2.05 bits per heavy atom. The third kappa shape index (κ3) is 5.94. The van der Waals surface area contributed by atoms with Gasteiger partial charge in [0.25, 0.3) is 0 Å². The molecule has 1 aliphatic carbocycles. The highest BCUT2D eigenvalue weighted by Crippen LogP contribution is 2.26. The standard InChI is InChI=1S/C17H27NO3/c1-3-4-9-20-10-11-21-17-8-7-16(19-2)12-14(17)13-18-15-5-6-15/h7-8,12,15,18H,3-6,9-11,13H2,1-2H3. The number of rotatable bonds is 11. The van der Waals surface area contributed by atoms with Crippen molar-refractivity contribution in [3.8, 4) is 11.5 Å². The summed E-state index contributed by atoms with van der Waals surface area (Å²) in [6.45, 7) is 5.04. The Hall–Kier alpha value is -1.26. The first kappa shape index (κ1) is 16.1. The van der Waals surface area contributed by atoms with E-state index in [1.165, 1.54) is 12.8 Å². The zero-order valence-corrected chi connectivity index (χ0v) is 13.2. The maximum absolute atomic E-state index is 5.85. The van der Waals surface area contributed by atoms with Crippen molar-refractivity contribution in [3.05, 3.63) is 23.8 Å². The molecule has 0 amide bonds. The molecular weight excluding hydrogens is 266 g/mol. The van der Waals surface area contributed by atoms with Crippen LogP contribution in [0.25, 0.3) is 0 Å². The largest absolute Gasteiger partial charge is 0.497 e. The summed E-state index contributed by atoms with van der Waals surface area (Å²) in [6, 6.07) is 6.65. The van der Waals surface area contributed by atoms with E-state index < -0.39 is 0 Å². The van der Waals surface area contributed by atoms with E-state index in [1.54, 1.807) is 7.11 Å². The van der Waals surface area contributed by atoms with Crippen LogP contribution in [0.3, 0.4) is 0 Å². The molecule has 2 rings (SSSR count). The number of benzene rings is 1. The SMILES string of the molecule is CCCCOCCOc1ccc(OC)cc1CNC1CC1. The van der Waals surface area contributed by atoms with E-state index in [1.807, 2.05) is 18.2 Å². The summed E-state index contributed by atoms with van der Waals surface area (Å²) < 4.78 is 16.7. The van der Waals surface area contributed by atoms with Gasteiger partial charge in [-0.2, -0.15) is 0 Å². The Labute approximate surface area is 127 Å². The summed E-state index contributed by atoms with van der Waals surface area (Å²) in [6.07, 6.45) is 4.84. The van der Waals surface area contributed by atoms with Gasteiger partial charge < -0.3 is 19.5 Å². The van der Waals surface area contributed by atoms with Gasteiger partial charge in [-0.1, -0.05) is 13.3 Å². The summed E-state index contributed by atoms with van der Waals surface area (Å²) in [7, 11) is 1.69. The van der Waals surface area contributed by atoms with E-state index in [0.717, 1.165) is 43.1 Å². The third-order valence-corrected chi connectivity index (χ3v) is 3.55. The van der Waals surface area contributed by atoms with Gasteiger partial charge >= 0.3 is 0 Å². The number of nitrogens with one attached hydrogen (secondary N) is 1. The van der Waals surface area contributed by atoms with Crippen LogP contribution in [0.5, 0.6) is 11.5 Å². The van der Waals surface area contributed by atoms with Gasteiger partial charge in [0, 0.05) is 24.8 Å². The molecule has 1 aromatic rings. The predicted octanol–water partition coefficient (Wildman–Crippen LogP) is 3.14. The molecule has 0 unspecified atom stereocenters. The van der Waals surface area contributed by atoms with Gasteiger partial charge in [-0.05, 0) is 37.5 Å². The second kappa shape index (κ2) is 8.90. The number of ether oxygens (including phenoxy) is 3. The fourth-order valence-electron chi connectivity index (χ4n) is 2.06. The van der Waals surface area contributed by atoms with Crippen LogP contribution in [0.1, 0.15) is 38.2 Å². The number of unbranched alkanes of at least 4 members (excludes halogenated alkanes) is 1. The van der Waals surface area contributed by atoms with Crippen molar-refractivity contribution in [3.63, 3.8) is 0 Å². The Kier molecular flexibility index (Phi) is 6.83. The molecule has 118 valence electrons. The molecule has 1 aromatic carbocycles. The molecule has 0 aromatic heterocycles. The summed E-state index contributed by atoms with van der Waals surface area (Å²) in [4.78, 5) is 0. The first-order chi connectivity index (χ1) is 10.3. The lowest BCUT2D eigenvalue weighted by Crippen LogP contribution is -2.17. The maximum atomic E-state index is 5.85. The molecule has 0 aliphatic heterocycles. The quantitative estimate of drug-likeness (QED) is 0.636. The number of methoxy groups -OCH3 is 1. The van der Waals surface area contributed by atoms with E-state index in [-0.39, 0.29) is 0 Å². The fourth-order valence-corrected chi connectivity index (χ4v) is 2.06. The van der Waals surface area contributed by atoms with Gasteiger partial charge in [0.1, 0.15) is 18.1 Å². The van der Waals surface area contributed by atoms with Crippen molar-refractivity contribution >= 4 is 0 Å². The first-order valence-corrected chi connectivity index (χ1v) is 7.94. The highest BCUT2D eigenvalue weighted by atomic mass is 16.5. The lowest BCUT2D eigenvalue weighted by atomic mass is 10.2. The van der Waals surface area contributed by atoms with Crippen molar-refractivity contribution in [1.29, 1.82) is 0 Å². The smallest absolute Gasteiger partial charge is 0.124 e. The molecule has 4 heteroatoms. The van der Waals surface area contributed by atoms with Crippen LogP contribution in [-0.2, 0) is 11.3 Å². The zero-order valence-electron chi connectivity index (χ0n) is 13.2. The van der Waals surface area contributed by atoms with Crippen LogP contribution < -0.4 is 14.8 Å². The molecule has 0 radical (unpaired) electrons. The third-order valence-electron chi connectivity index (χ3n) is 3.55. The number of hydrogen-bond donors (Lipinski definition) is 1. The van der Waals surface area contributed by atoms with Gasteiger partial charge in [-0.15, -0.1) is 0 Å². The van der Waals surface area contributed by atoms with Gasteiger partial charge in [0.15, 0.2) is 0 Å². The van der Waals surface area contributed by atoms with Gasteiger partial charge in [0.2, 0.25) is 0 Å². The van der Waals surface area contributed by atoms with Gasteiger partial charge in [-0.3, -0.25) is 0 Å². The van der Waals surface area contributed by atoms with Crippen molar-refractivity contribution in [2.45, 2.75) is 45.2 Å². The minimum absolute atomic E-state index is 0.590. The molecule has 1 saturated carbocycles. The Bertz CT molecular complexity index is 418. The van der Waals surface area contributed by atoms with E-state index >= 15 is 0 Å². The van der Waals surface area contributed by atoms with Crippen LogP contribution in [0.4, 0.5) is 0 Å². The lowest BCUT2D eigenvalue weighted by molar-refractivity contribution is 0.0977. The van der Waals surface area contributed by atoms with Crippen LogP contribution in [0, 0.1) is 0 Å². The van der Waals surface area contributed by atoms with Crippen LogP contribution in [0.2, 0.25) is 0 Å². The van der Waals surface area contributed by atoms with E-state index in [4.69, 9.17) is 14.2 Å². The summed E-state index contributed by atoms with van der Waals surface area (Å²) in [5, 5.41) is 3.52. The zero-order chi connectivity index (χ0) is 14.9. The van der Waals surface area contributed by atoms with E-state index in [9.17, 15) is 0 Å². The topological polar surface area (TPSA) is 39.7 Å². The van der Waals surface area contributed by atoms with Crippen molar-refractivity contribution in [2.75, 3.05) is 26.9 Å². The number of hydrogen-bond acceptors (Lipinski definition) is 4. The predicted molar refractivity (Wildman–Crippen MR) is 84.1 cm³/mol. The first-order valence-electron chi connectivity index (χ1n) is 7.94. The average molecular weight is 293 g/mol. The van der Waals surface area contributed by atoms with Crippen LogP contribution in [0.15, 0.2) is 18.2 Å². The molecule has 0 heterocycles. The van der Waals surface area contributed by atoms with E-state index in [0.29, 0.717) is 19.3 Å². The summed E-state index contributed by atoms with van der Waals surface area (Å²) >= 11 is 0. The molecule has 0 atom stereocenters. The average Bonchev–Trinajstić information content (AvgIpc) is 3.33. The fraction of sp³-hybridized carbons (Fsp3) is 0.647. The van der Waals surface area contributed by atoms with Crippen LogP contribution >= 0.6 is 0 Å². The Morgan fingerprint density at radius 1 is 1.19 bits per heavy atom. The van der Waals surface area contributed by atoms with Crippen molar-refractivity contribution < 1.29 is 14.2 Å². The second-order valence-electron chi connectivity index (χ2n) is 5.44. The molecule has 1 fully saturated rings. The highest BCUT2D eigenvalue weighted by molar-refractivity contribution is 5.40. The molecule has 21 heavy (non-hydrogen) atoms. The lowest BCUT2D eigenvalue weighted by Gasteiger charge is -2.13. The van der Waals surface area contributed by atoms with Gasteiger partial charge in [0.05, 0.1) is 13.7 Å². The van der Waals surface area contributed by atoms with E-state index in [2.05, 4.69) is 12.2 Å². The Balaban J connectivity index is 1.81. The molecule has 4 nitrogen and oxygen atoms in total.